The Morgan fingerprint density at radius 2 is 2.06 bits per heavy atom. The van der Waals surface area contributed by atoms with Gasteiger partial charge in [0.25, 0.3) is 0 Å². The fourth-order valence-electron chi connectivity index (χ4n) is 2.42. The topological polar surface area (TPSA) is 46.3 Å². The highest BCUT2D eigenvalue weighted by molar-refractivity contribution is 5.76. The van der Waals surface area contributed by atoms with Crippen LogP contribution in [0.5, 0.6) is 0 Å². The monoisotopic (exact) mass is 226 g/mol. The molecule has 0 aromatic heterocycles. The molecule has 1 rings (SSSR count). The predicted molar refractivity (Wildman–Crippen MR) is 67.0 cm³/mol. The van der Waals surface area contributed by atoms with Crippen LogP contribution < -0.4 is 5.73 Å². The number of carbonyl (C=O) groups excluding carboxylic acids is 1. The van der Waals surface area contributed by atoms with Crippen LogP contribution >= 0.6 is 0 Å². The van der Waals surface area contributed by atoms with Gasteiger partial charge in [-0.1, -0.05) is 20.8 Å². The van der Waals surface area contributed by atoms with Crippen molar-refractivity contribution >= 4 is 5.91 Å². The minimum absolute atomic E-state index is 0.320. The molecule has 0 radical (unpaired) electrons. The summed E-state index contributed by atoms with van der Waals surface area (Å²) < 4.78 is 0. The Kier molecular flexibility index (Phi) is 4.78. The van der Waals surface area contributed by atoms with Crippen molar-refractivity contribution in [2.75, 3.05) is 19.6 Å². The van der Waals surface area contributed by atoms with Gasteiger partial charge in [0.15, 0.2) is 0 Å². The molecule has 0 aromatic carbocycles. The third kappa shape index (κ3) is 3.78. The number of amides is 1. The third-order valence-corrected chi connectivity index (χ3v) is 3.66. The largest absolute Gasteiger partial charge is 0.343 e. The van der Waals surface area contributed by atoms with Crippen LogP contribution in [0.3, 0.4) is 0 Å². The van der Waals surface area contributed by atoms with Crippen molar-refractivity contribution in [3.05, 3.63) is 0 Å². The van der Waals surface area contributed by atoms with Crippen LogP contribution in [0, 0.1) is 11.3 Å². The van der Waals surface area contributed by atoms with E-state index in [1.807, 2.05) is 4.90 Å². The minimum atomic E-state index is 0.320. The second kappa shape index (κ2) is 5.67. The Morgan fingerprint density at radius 1 is 1.38 bits per heavy atom. The summed E-state index contributed by atoms with van der Waals surface area (Å²) in [6, 6.07) is 0. The zero-order valence-corrected chi connectivity index (χ0v) is 11.0. The molecule has 0 aliphatic carbocycles. The first kappa shape index (κ1) is 13.5. The summed E-state index contributed by atoms with van der Waals surface area (Å²) in [6.07, 6.45) is 3.82. The fourth-order valence-corrected chi connectivity index (χ4v) is 2.42. The van der Waals surface area contributed by atoms with Crippen molar-refractivity contribution in [3.63, 3.8) is 0 Å². The lowest BCUT2D eigenvalue weighted by atomic mass is 9.77. The minimum Gasteiger partial charge on any atom is -0.343 e. The average molecular weight is 226 g/mol. The summed E-state index contributed by atoms with van der Waals surface area (Å²) in [6.45, 7) is 9.26. The maximum atomic E-state index is 11.9. The summed E-state index contributed by atoms with van der Waals surface area (Å²) >= 11 is 0. The molecule has 1 aliphatic rings. The van der Waals surface area contributed by atoms with Crippen molar-refractivity contribution in [2.24, 2.45) is 17.1 Å². The van der Waals surface area contributed by atoms with Crippen LogP contribution in [0.15, 0.2) is 0 Å². The Balaban J connectivity index is 2.52. The van der Waals surface area contributed by atoms with Gasteiger partial charge in [-0.25, -0.2) is 0 Å². The molecular formula is C13H26N2O. The van der Waals surface area contributed by atoms with E-state index >= 15 is 0 Å². The maximum absolute atomic E-state index is 11.9. The first-order chi connectivity index (χ1) is 7.45. The molecule has 1 atom stereocenters. The fraction of sp³-hybridized carbons (Fsp3) is 0.923. The van der Waals surface area contributed by atoms with E-state index in [1.165, 1.54) is 0 Å². The molecule has 0 bridgehead atoms. The van der Waals surface area contributed by atoms with Gasteiger partial charge in [-0.05, 0) is 37.1 Å². The van der Waals surface area contributed by atoms with Crippen LogP contribution in [0.1, 0.15) is 46.5 Å². The number of likely N-dealkylation sites (tertiary alicyclic amines) is 1. The van der Waals surface area contributed by atoms with E-state index in [0.29, 0.717) is 30.2 Å². The number of hydrogen-bond acceptors (Lipinski definition) is 2. The van der Waals surface area contributed by atoms with Crippen molar-refractivity contribution in [3.8, 4) is 0 Å². The number of nitrogens with zero attached hydrogens (tertiary/aromatic N) is 1. The van der Waals surface area contributed by atoms with Crippen LogP contribution in [0.25, 0.3) is 0 Å². The van der Waals surface area contributed by atoms with E-state index in [0.717, 1.165) is 32.4 Å². The van der Waals surface area contributed by atoms with Gasteiger partial charge in [0.05, 0.1) is 0 Å². The van der Waals surface area contributed by atoms with E-state index in [9.17, 15) is 4.79 Å². The van der Waals surface area contributed by atoms with E-state index in [4.69, 9.17) is 5.73 Å². The van der Waals surface area contributed by atoms with Gasteiger partial charge in [0, 0.05) is 19.5 Å². The highest BCUT2D eigenvalue weighted by Gasteiger charge is 2.29. The maximum Gasteiger partial charge on any atom is 0.222 e. The van der Waals surface area contributed by atoms with E-state index in [2.05, 4.69) is 20.8 Å². The van der Waals surface area contributed by atoms with Crippen molar-refractivity contribution in [2.45, 2.75) is 46.5 Å². The molecule has 3 heteroatoms. The molecule has 3 nitrogen and oxygen atoms in total. The molecule has 0 saturated carbocycles. The molecular weight excluding hydrogens is 200 g/mol. The number of rotatable bonds is 3. The molecule has 2 N–H and O–H groups in total. The molecule has 1 fully saturated rings. The second-order valence-corrected chi connectivity index (χ2v) is 5.91. The van der Waals surface area contributed by atoms with Crippen molar-refractivity contribution < 1.29 is 4.79 Å². The Morgan fingerprint density at radius 3 is 2.62 bits per heavy atom. The van der Waals surface area contributed by atoms with Gasteiger partial charge in [0.2, 0.25) is 5.91 Å². The average Bonchev–Trinajstić information content (AvgIpc) is 2.37. The van der Waals surface area contributed by atoms with E-state index < -0.39 is 0 Å². The third-order valence-electron chi connectivity index (χ3n) is 3.66. The second-order valence-electron chi connectivity index (χ2n) is 5.91. The lowest BCUT2D eigenvalue weighted by Crippen LogP contribution is -2.32. The molecule has 0 spiro atoms. The van der Waals surface area contributed by atoms with Gasteiger partial charge >= 0.3 is 0 Å². The summed E-state index contributed by atoms with van der Waals surface area (Å²) in [5.41, 5.74) is 5.81. The number of carbonyl (C=O) groups is 1. The summed E-state index contributed by atoms with van der Waals surface area (Å²) in [5.74, 6) is 0.986. The predicted octanol–water partition coefficient (Wildman–Crippen LogP) is 2.01. The van der Waals surface area contributed by atoms with Gasteiger partial charge in [-0.15, -0.1) is 0 Å². The van der Waals surface area contributed by atoms with Crippen LogP contribution in [-0.4, -0.2) is 30.4 Å². The van der Waals surface area contributed by atoms with E-state index in [1.54, 1.807) is 0 Å². The SMILES string of the molecule is CC(C)(C)C1CCC(=O)N(CCCN)CC1. The zero-order chi connectivity index (χ0) is 12.2. The summed E-state index contributed by atoms with van der Waals surface area (Å²) in [7, 11) is 0. The summed E-state index contributed by atoms with van der Waals surface area (Å²) in [5, 5.41) is 0. The first-order valence-electron chi connectivity index (χ1n) is 6.43. The molecule has 0 aromatic rings. The zero-order valence-electron chi connectivity index (χ0n) is 11.0. The van der Waals surface area contributed by atoms with Crippen molar-refractivity contribution in [1.29, 1.82) is 0 Å². The standard InChI is InChI=1S/C13H26N2O/c1-13(2,3)11-5-6-12(16)15(10-7-11)9-4-8-14/h11H,4-10,14H2,1-3H3. The number of nitrogens with two attached hydrogens (primary N) is 1. The quantitative estimate of drug-likeness (QED) is 0.800. The van der Waals surface area contributed by atoms with Crippen molar-refractivity contribution in [1.82, 2.24) is 4.90 Å². The Labute approximate surface area is 99.4 Å². The molecule has 1 aliphatic heterocycles. The molecule has 1 saturated heterocycles. The Bertz CT molecular complexity index is 233. The highest BCUT2D eigenvalue weighted by Crippen LogP contribution is 2.34. The first-order valence-corrected chi connectivity index (χ1v) is 6.43. The van der Waals surface area contributed by atoms with Gasteiger partial charge in [-0.2, -0.15) is 0 Å². The summed E-state index contributed by atoms with van der Waals surface area (Å²) in [4.78, 5) is 13.9. The Hall–Kier alpha value is -0.570. The lowest BCUT2D eigenvalue weighted by Gasteiger charge is -2.29. The molecule has 1 heterocycles. The van der Waals surface area contributed by atoms with Gasteiger partial charge in [0.1, 0.15) is 0 Å². The van der Waals surface area contributed by atoms with Crippen LogP contribution in [0.2, 0.25) is 0 Å². The van der Waals surface area contributed by atoms with E-state index in [-0.39, 0.29) is 0 Å². The smallest absolute Gasteiger partial charge is 0.222 e. The molecule has 16 heavy (non-hydrogen) atoms. The molecule has 1 unspecified atom stereocenters. The van der Waals surface area contributed by atoms with Gasteiger partial charge in [-0.3, -0.25) is 4.79 Å². The lowest BCUT2D eigenvalue weighted by molar-refractivity contribution is -0.130. The molecule has 94 valence electrons. The normalized spacial score (nSPS) is 23.4. The highest BCUT2D eigenvalue weighted by atomic mass is 16.2. The number of hydrogen-bond donors (Lipinski definition) is 1. The van der Waals surface area contributed by atoms with Crippen LogP contribution in [-0.2, 0) is 4.79 Å². The molecule has 1 amide bonds. The van der Waals surface area contributed by atoms with Gasteiger partial charge < -0.3 is 10.6 Å². The van der Waals surface area contributed by atoms with Crippen LogP contribution in [0.4, 0.5) is 0 Å².